The number of ether oxygens (including phenoxy) is 1. The zero-order valence-electron chi connectivity index (χ0n) is 15.3. The molecule has 1 saturated carbocycles. The molecule has 0 radical (unpaired) electrons. The number of nitrogens with one attached hydrogen (secondary N) is 1. The normalized spacial score (nSPS) is 24.8. The van der Waals surface area contributed by atoms with Crippen molar-refractivity contribution in [2.45, 2.75) is 51.7 Å². The lowest BCUT2D eigenvalue weighted by Crippen LogP contribution is -2.63. The fraction of sp³-hybridized carbons (Fsp3) is 0.650. The quantitative estimate of drug-likeness (QED) is 0.861. The van der Waals surface area contributed by atoms with Crippen LogP contribution in [0, 0.1) is 12.3 Å². The Morgan fingerprint density at radius 2 is 2.16 bits per heavy atom. The minimum Gasteiger partial charge on any atom is -0.392 e. The molecule has 0 unspecified atom stereocenters. The summed E-state index contributed by atoms with van der Waals surface area (Å²) in [4.78, 5) is 14.3. The van der Waals surface area contributed by atoms with Crippen LogP contribution in [-0.2, 0) is 11.2 Å². The molecule has 3 rings (SSSR count). The number of benzene rings is 1. The standard InChI is InChI=1S/C20H30N2O3/c1-3-25-18-14-17(23)20(18)8-11-22(12-9-20)19(24)21-10-7-16-6-4-5-15(2)13-16/h4-6,13,17-18,23H,3,7-12,14H2,1-2H3,(H,21,24)/t17-,18+/m0/s1. The van der Waals surface area contributed by atoms with Crippen molar-refractivity contribution in [3.8, 4) is 0 Å². The summed E-state index contributed by atoms with van der Waals surface area (Å²) in [5, 5.41) is 13.3. The Bertz CT molecular complexity index is 594. The van der Waals surface area contributed by atoms with Crippen molar-refractivity contribution < 1.29 is 14.6 Å². The molecule has 1 heterocycles. The lowest BCUT2D eigenvalue weighted by Gasteiger charge is -2.56. The van der Waals surface area contributed by atoms with E-state index in [1.54, 1.807) is 0 Å². The summed E-state index contributed by atoms with van der Waals surface area (Å²) in [7, 11) is 0. The molecular weight excluding hydrogens is 316 g/mol. The highest BCUT2D eigenvalue weighted by Gasteiger charge is 2.56. The van der Waals surface area contributed by atoms with Gasteiger partial charge < -0.3 is 20.1 Å². The Balaban J connectivity index is 1.44. The van der Waals surface area contributed by atoms with Crippen molar-refractivity contribution in [1.29, 1.82) is 0 Å². The molecular formula is C20H30N2O3. The molecule has 5 heteroatoms. The number of amides is 2. The summed E-state index contributed by atoms with van der Waals surface area (Å²) in [5.74, 6) is 0. The van der Waals surface area contributed by atoms with Gasteiger partial charge in [0.15, 0.2) is 0 Å². The number of urea groups is 1. The molecule has 2 aliphatic rings. The van der Waals surface area contributed by atoms with Gasteiger partial charge >= 0.3 is 6.03 Å². The van der Waals surface area contributed by atoms with Gasteiger partial charge in [-0.15, -0.1) is 0 Å². The number of likely N-dealkylation sites (tertiary alicyclic amines) is 1. The first-order valence-electron chi connectivity index (χ1n) is 9.43. The SMILES string of the molecule is CCO[C@@H]1C[C@H](O)C12CCN(C(=O)NCCc1cccc(C)c1)CC2. The molecule has 0 aromatic heterocycles. The molecule has 1 aliphatic heterocycles. The molecule has 1 aliphatic carbocycles. The Morgan fingerprint density at radius 1 is 1.40 bits per heavy atom. The maximum atomic E-state index is 12.4. The van der Waals surface area contributed by atoms with Crippen molar-refractivity contribution in [2.24, 2.45) is 5.41 Å². The highest BCUT2D eigenvalue weighted by atomic mass is 16.5. The van der Waals surface area contributed by atoms with E-state index in [1.165, 1.54) is 11.1 Å². The molecule has 1 aromatic carbocycles. The largest absolute Gasteiger partial charge is 0.392 e. The van der Waals surface area contributed by atoms with E-state index in [9.17, 15) is 9.90 Å². The zero-order valence-corrected chi connectivity index (χ0v) is 15.3. The van der Waals surface area contributed by atoms with E-state index in [4.69, 9.17) is 4.74 Å². The second-order valence-electron chi connectivity index (χ2n) is 7.39. The smallest absolute Gasteiger partial charge is 0.317 e. The summed E-state index contributed by atoms with van der Waals surface area (Å²) < 4.78 is 5.78. The van der Waals surface area contributed by atoms with Gasteiger partial charge in [0, 0.05) is 38.1 Å². The molecule has 138 valence electrons. The average molecular weight is 346 g/mol. The van der Waals surface area contributed by atoms with Crippen LogP contribution in [0.25, 0.3) is 0 Å². The fourth-order valence-corrected chi connectivity index (χ4v) is 4.24. The number of rotatable bonds is 5. The monoisotopic (exact) mass is 346 g/mol. The van der Waals surface area contributed by atoms with Gasteiger partial charge in [-0.1, -0.05) is 29.8 Å². The fourth-order valence-electron chi connectivity index (χ4n) is 4.24. The second-order valence-corrected chi connectivity index (χ2v) is 7.39. The lowest BCUT2D eigenvalue weighted by atomic mass is 9.58. The Hall–Kier alpha value is -1.59. The van der Waals surface area contributed by atoms with Gasteiger partial charge in [0.2, 0.25) is 0 Å². The molecule has 2 amide bonds. The van der Waals surface area contributed by atoms with E-state index < -0.39 is 0 Å². The first-order chi connectivity index (χ1) is 12.0. The number of hydrogen-bond donors (Lipinski definition) is 2. The van der Waals surface area contributed by atoms with Gasteiger partial charge in [-0.05, 0) is 38.7 Å². The van der Waals surface area contributed by atoms with Gasteiger partial charge in [-0.25, -0.2) is 4.79 Å². The van der Waals surface area contributed by atoms with Crippen LogP contribution in [0.4, 0.5) is 4.79 Å². The first-order valence-corrected chi connectivity index (χ1v) is 9.43. The predicted octanol–water partition coefficient (Wildman–Crippen LogP) is 2.50. The van der Waals surface area contributed by atoms with E-state index in [0.29, 0.717) is 26.2 Å². The van der Waals surface area contributed by atoms with Crippen LogP contribution >= 0.6 is 0 Å². The first kappa shape index (κ1) is 18.2. The number of aliphatic hydroxyl groups excluding tert-OH is 1. The highest BCUT2D eigenvalue weighted by Crippen LogP contribution is 2.50. The van der Waals surface area contributed by atoms with Crippen molar-refractivity contribution in [1.82, 2.24) is 10.2 Å². The maximum Gasteiger partial charge on any atom is 0.317 e. The molecule has 2 N–H and O–H groups in total. The molecule has 5 nitrogen and oxygen atoms in total. The third kappa shape index (κ3) is 3.82. The highest BCUT2D eigenvalue weighted by molar-refractivity contribution is 5.74. The number of carbonyl (C=O) groups excluding carboxylic acids is 1. The van der Waals surface area contributed by atoms with E-state index in [2.05, 4.69) is 36.5 Å². The summed E-state index contributed by atoms with van der Waals surface area (Å²) in [6.07, 6.45) is 3.09. The Morgan fingerprint density at radius 3 is 2.80 bits per heavy atom. The minimum atomic E-state index is -0.282. The van der Waals surface area contributed by atoms with Gasteiger partial charge in [0.05, 0.1) is 12.2 Å². The second kappa shape index (κ2) is 7.75. The van der Waals surface area contributed by atoms with E-state index >= 15 is 0 Å². The number of aliphatic hydroxyl groups is 1. The number of aryl methyl sites for hydroxylation is 1. The molecule has 25 heavy (non-hydrogen) atoms. The van der Waals surface area contributed by atoms with Gasteiger partial charge in [0.1, 0.15) is 0 Å². The summed E-state index contributed by atoms with van der Waals surface area (Å²) >= 11 is 0. The third-order valence-electron chi connectivity index (χ3n) is 5.86. The summed E-state index contributed by atoms with van der Waals surface area (Å²) in [5.41, 5.74) is 2.36. The minimum absolute atomic E-state index is 0.00396. The topological polar surface area (TPSA) is 61.8 Å². The van der Waals surface area contributed by atoms with Crippen molar-refractivity contribution >= 4 is 6.03 Å². The van der Waals surface area contributed by atoms with Crippen LogP contribution in [0.15, 0.2) is 24.3 Å². The van der Waals surface area contributed by atoms with Crippen LogP contribution in [-0.4, -0.2) is 54.5 Å². The summed E-state index contributed by atoms with van der Waals surface area (Å²) in [6, 6.07) is 8.38. The molecule has 0 bridgehead atoms. The van der Waals surface area contributed by atoms with Crippen LogP contribution in [0.1, 0.15) is 37.3 Å². The average Bonchev–Trinajstić information content (AvgIpc) is 2.62. The van der Waals surface area contributed by atoms with E-state index in [1.807, 2.05) is 11.8 Å². The predicted molar refractivity (Wildman–Crippen MR) is 97.6 cm³/mol. The van der Waals surface area contributed by atoms with Gasteiger partial charge in [0.25, 0.3) is 0 Å². The molecule has 1 aromatic rings. The number of nitrogens with zero attached hydrogens (tertiary/aromatic N) is 1. The van der Waals surface area contributed by atoms with Gasteiger partial charge in [-0.3, -0.25) is 0 Å². The summed E-state index contributed by atoms with van der Waals surface area (Å²) in [6.45, 7) is 6.79. The van der Waals surface area contributed by atoms with Crippen LogP contribution in [0.2, 0.25) is 0 Å². The number of piperidine rings is 1. The van der Waals surface area contributed by atoms with Crippen LogP contribution in [0.3, 0.4) is 0 Å². The number of carbonyl (C=O) groups is 1. The molecule has 2 fully saturated rings. The molecule has 2 atom stereocenters. The van der Waals surface area contributed by atoms with Crippen molar-refractivity contribution in [2.75, 3.05) is 26.2 Å². The van der Waals surface area contributed by atoms with Crippen LogP contribution < -0.4 is 5.32 Å². The van der Waals surface area contributed by atoms with Crippen molar-refractivity contribution in [3.05, 3.63) is 35.4 Å². The van der Waals surface area contributed by atoms with Gasteiger partial charge in [-0.2, -0.15) is 0 Å². The maximum absolute atomic E-state index is 12.4. The third-order valence-corrected chi connectivity index (χ3v) is 5.86. The van der Waals surface area contributed by atoms with Crippen LogP contribution in [0.5, 0.6) is 0 Å². The van der Waals surface area contributed by atoms with E-state index in [0.717, 1.165) is 25.7 Å². The Kier molecular flexibility index (Phi) is 5.64. The molecule has 1 spiro atoms. The Labute approximate surface area is 150 Å². The van der Waals surface area contributed by atoms with Crippen molar-refractivity contribution in [3.63, 3.8) is 0 Å². The lowest BCUT2D eigenvalue weighted by molar-refractivity contribution is -0.207. The molecule has 1 saturated heterocycles. The van der Waals surface area contributed by atoms with E-state index in [-0.39, 0.29) is 23.7 Å². The number of hydrogen-bond acceptors (Lipinski definition) is 3. The zero-order chi connectivity index (χ0) is 17.9.